The Bertz CT molecular complexity index is 242. The normalized spacial score (nSPS) is 16.9. The fourth-order valence-corrected chi connectivity index (χ4v) is 1.75. The minimum Gasteiger partial charge on any atom is -0.170 e. The van der Waals surface area contributed by atoms with Crippen LogP contribution in [0.4, 0.5) is 0 Å². The van der Waals surface area contributed by atoms with Gasteiger partial charge in [-0.3, -0.25) is 0 Å². The SMILES string of the molecule is Clc1[nH+][nH]c2c1CCCC2. The molecule has 1 aromatic rings. The maximum atomic E-state index is 5.87. The average molecular weight is 158 g/mol. The Kier molecular flexibility index (Phi) is 1.42. The van der Waals surface area contributed by atoms with Gasteiger partial charge in [0.25, 0.3) is 0 Å². The summed E-state index contributed by atoms with van der Waals surface area (Å²) < 4.78 is 0. The zero-order valence-electron chi connectivity index (χ0n) is 5.71. The minimum absolute atomic E-state index is 0.801. The molecule has 2 nitrogen and oxygen atoms in total. The first-order valence-electron chi connectivity index (χ1n) is 3.65. The van der Waals surface area contributed by atoms with Crippen LogP contribution in [-0.2, 0) is 12.8 Å². The molecule has 0 saturated carbocycles. The molecule has 0 saturated heterocycles. The molecule has 1 aromatic heterocycles. The number of rotatable bonds is 0. The van der Waals surface area contributed by atoms with E-state index in [1.807, 2.05) is 0 Å². The van der Waals surface area contributed by atoms with Gasteiger partial charge >= 0.3 is 5.15 Å². The van der Waals surface area contributed by atoms with E-state index in [2.05, 4.69) is 10.2 Å². The lowest BCUT2D eigenvalue weighted by Gasteiger charge is -2.05. The molecule has 0 amide bonds. The maximum Gasteiger partial charge on any atom is 0.301 e. The summed E-state index contributed by atoms with van der Waals surface area (Å²) in [5.74, 6) is 0. The Morgan fingerprint density at radius 1 is 1.30 bits per heavy atom. The minimum atomic E-state index is 0.801. The van der Waals surface area contributed by atoms with Gasteiger partial charge in [-0.1, -0.05) is 0 Å². The van der Waals surface area contributed by atoms with Gasteiger partial charge in [0.15, 0.2) is 0 Å². The lowest BCUT2D eigenvalue weighted by molar-refractivity contribution is -0.447. The van der Waals surface area contributed by atoms with E-state index in [0.29, 0.717) is 0 Å². The Labute approximate surface area is 64.6 Å². The number of fused-ring (bicyclic) bond motifs is 1. The van der Waals surface area contributed by atoms with Crippen molar-refractivity contribution >= 4 is 11.6 Å². The van der Waals surface area contributed by atoms with Crippen molar-refractivity contribution in [2.75, 3.05) is 0 Å². The van der Waals surface area contributed by atoms with Crippen molar-refractivity contribution in [3.05, 3.63) is 16.4 Å². The first kappa shape index (κ1) is 6.23. The van der Waals surface area contributed by atoms with Gasteiger partial charge in [0.05, 0.1) is 11.3 Å². The second-order valence-electron chi connectivity index (χ2n) is 2.73. The Morgan fingerprint density at radius 3 is 2.90 bits per heavy atom. The zero-order valence-corrected chi connectivity index (χ0v) is 6.46. The molecule has 3 heteroatoms. The molecular formula is C7H10ClN2+. The highest BCUT2D eigenvalue weighted by Gasteiger charge is 2.19. The number of aromatic nitrogens is 2. The van der Waals surface area contributed by atoms with Crippen LogP contribution in [-0.4, -0.2) is 5.10 Å². The molecule has 0 aromatic carbocycles. The van der Waals surface area contributed by atoms with Gasteiger partial charge in [0.2, 0.25) is 0 Å². The Balaban J connectivity index is 2.45. The second-order valence-corrected chi connectivity index (χ2v) is 3.11. The van der Waals surface area contributed by atoms with Crippen LogP contribution >= 0.6 is 11.6 Å². The summed E-state index contributed by atoms with van der Waals surface area (Å²) in [5, 5.41) is 6.79. The zero-order chi connectivity index (χ0) is 6.97. The van der Waals surface area contributed by atoms with E-state index < -0.39 is 0 Å². The van der Waals surface area contributed by atoms with E-state index in [-0.39, 0.29) is 0 Å². The van der Waals surface area contributed by atoms with Crippen LogP contribution < -0.4 is 5.10 Å². The second kappa shape index (κ2) is 2.27. The first-order valence-corrected chi connectivity index (χ1v) is 4.02. The van der Waals surface area contributed by atoms with Crippen molar-refractivity contribution in [3.8, 4) is 0 Å². The van der Waals surface area contributed by atoms with Gasteiger partial charge in [-0.2, -0.15) is 5.10 Å². The van der Waals surface area contributed by atoms with Crippen molar-refractivity contribution in [2.45, 2.75) is 25.7 Å². The van der Waals surface area contributed by atoms with Crippen molar-refractivity contribution in [1.82, 2.24) is 5.10 Å². The molecule has 0 atom stereocenters. The van der Waals surface area contributed by atoms with Crippen LogP contribution in [0.25, 0.3) is 0 Å². The van der Waals surface area contributed by atoms with Gasteiger partial charge in [-0.25, -0.2) is 0 Å². The number of halogens is 1. The predicted molar refractivity (Wildman–Crippen MR) is 39.0 cm³/mol. The summed E-state index contributed by atoms with van der Waals surface area (Å²) in [5.41, 5.74) is 2.60. The summed E-state index contributed by atoms with van der Waals surface area (Å²) in [6.07, 6.45) is 4.85. The van der Waals surface area contributed by atoms with E-state index in [9.17, 15) is 0 Å². The van der Waals surface area contributed by atoms with Crippen LogP contribution in [0.1, 0.15) is 24.1 Å². The number of aryl methyl sites for hydroxylation is 1. The summed E-state index contributed by atoms with van der Waals surface area (Å²) in [4.78, 5) is 0. The highest BCUT2D eigenvalue weighted by molar-refractivity contribution is 6.29. The fraction of sp³-hybridized carbons (Fsp3) is 0.571. The maximum absolute atomic E-state index is 5.87. The van der Waals surface area contributed by atoms with Crippen LogP contribution in [0.2, 0.25) is 5.15 Å². The highest BCUT2D eigenvalue weighted by Crippen LogP contribution is 2.22. The van der Waals surface area contributed by atoms with E-state index >= 15 is 0 Å². The fourth-order valence-electron chi connectivity index (χ4n) is 1.49. The molecule has 10 heavy (non-hydrogen) atoms. The van der Waals surface area contributed by atoms with Crippen LogP contribution in [0.3, 0.4) is 0 Å². The van der Waals surface area contributed by atoms with Crippen LogP contribution in [0.5, 0.6) is 0 Å². The van der Waals surface area contributed by atoms with Crippen molar-refractivity contribution in [3.63, 3.8) is 0 Å². The number of aromatic amines is 2. The van der Waals surface area contributed by atoms with Crippen molar-refractivity contribution < 1.29 is 5.10 Å². The standard InChI is InChI=1S/C7H9ClN2/c8-7-5-3-1-2-4-6(5)9-10-7/h1-4H2,(H,9,10)/p+1. The highest BCUT2D eigenvalue weighted by atomic mass is 35.5. The molecule has 0 fully saturated rings. The molecule has 2 N–H and O–H groups in total. The van der Waals surface area contributed by atoms with Crippen LogP contribution in [0.15, 0.2) is 0 Å². The molecule has 1 aliphatic carbocycles. The molecule has 0 radical (unpaired) electrons. The molecule has 2 rings (SSSR count). The van der Waals surface area contributed by atoms with Gasteiger partial charge in [-0.15, -0.1) is 5.10 Å². The lowest BCUT2D eigenvalue weighted by atomic mass is 9.99. The van der Waals surface area contributed by atoms with Crippen LogP contribution in [0, 0.1) is 0 Å². The average Bonchev–Trinajstić information content (AvgIpc) is 2.34. The third-order valence-electron chi connectivity index (χ3n) is 2.06. The smallest absolute Gasteiger partial charge is 0.170 e. The molecule has 54 valence electrons. The van der Waals surface area contributed by atoms with Gasteiger partial charge < -0.3 is 0 Å². The monoisotopic (exact) mass is 157 g/mol. The summed E-state index contributed by atoms with van der Waals surface area (Å²) in [6, 6.07) is 0. The third kappa shape index (κ3) is 0.833. The molecule has 0 spiro atoms. The largest absolute Gasteiger partial charge is 0.301 e. The lowest BCUT2D eigenvalue weighted by Crippen LogP contribution is -2.02. The van der Waals surface area contributed by atoms with E-state index in [1.54, 1.807) is 0 Å². The van der Waals surface area contributed by atoms with Gasteiger partial charge in [0, 0.05) is 0 Å². The van der Waals surface area contributed by atoms with Crippen molar-refractivity contribution in [1.29, 1.82) is 0 Å². The van der Waals surface area contributed by atoms with Gasteiger partial charge in [0.1, 0.15) is 0 Å². The predicted octanol–water partition coefficient (Wildman–Crippen LogP) is 1.36. The van der Waals surface area contributed by atoms with E-state index in [1.165, 1.54) is 24.1 Å². The summed E-state index contributed by atoms with van der Waals surface area (Å²) in [6.45, 7) is 0. The summed E-state index contributed by atoms with van der Waals surface area (Å²) in [7, 11) is 0. The number of H-pyrrole nitrogens is 2. The molecule has 1 aliphatic rings. The molecule has 0 bridgehead atoms. The van der Waals surface area contributed by atoms with Crippen molar-refractivity contribution in [2.24, 2.45) is 0 Å². The Morgan fingerprint density at radius 2 is 2.10 bits per heavy atom. The molecular weight excluding hydrogens is 148 g/mol. The third-order valence-corrected chi connectivity index (χ3v) is 2.38. The number of nitrogens with one attached hydrogen (secondary N) is 2. The van der Waals surface area contributed by atoms with E-state index in [4.69, 9.17) is 11.6 Å². The number of hydrogen-bond acceptors (Lipinski definition) is 0. The topological polar surface area (TPSA) is 29.9 Å². The van der Waals surface area contributed by atoms with Gasteiger partial charge in [-0.05, 0) is 37.3 Å². The summed E-state index contributed by atoms with van der Waals surface area (Å²) >= 11 is 5.87. The van der Waals surface area contributed by atoms with E-state index in [0.717, 1.165) is 18.0 Å². The Hall–Kier alpha value is -0.500. The molecule has 1 heterocycles. The quantitative estimate of drug-likeness (QED) is 0.590. The number of hydrogen-bond donors (Lipinski definition) is 1. The molecule has 0 unspecified atom stereocenters. The molecule has 0 aliphatic heterocycles. The first-order chi connectivity index (χ1) is 4.88.